The third kappa shape index (κ3) is 3.51. The van der Waals surface area contributed by atoms with Crippen molar-refractivity contribution in [3.05, 3.63) is 35.4 Å². The summed E-state index contributed by atoms with van der Waals surface area (Å²) in [6.45, 7) is 0. The first-order valence-electron chi connectivity index (χ1n) is 3.57. The number of esters is 1. The fourth-order valence-electron chi connectivity index (χ4n) is 0.867. The second-order valence-electron chi connectivity index (χ2n) is 2.37. The van der Waals surface area contributed by atoms with Crippen LogP contribution in [0.15, 0.2) is 24.3 Å². The quantitative estimate of drug-likeness (QED) is 0.476. The Bertz CT molecular complexity index is 336. The summed E-state index contributed by atoms with van der Waals surface area (Å²) in [5, 5.41) is 8.56. The summed E-state index contributed by atoms with van der Waals surface area (Å²) >= 11 is 0. The summed E-state index contributed by atoms with van der Waals surface area (Å²) in [6.07, 6.45) is 0. The molecule has 1 N–H and O–H groups in total. The molecule has 70 valence electrons. The number of carbonyl (C=O) groups excluding carboxylic acids is 1. The molecule has 0 saturated heterocycles. The number of carboxylic acid groups (broad SMARTS) is 1. The van der Waals surface area contributed by atoms with E-state index in [4.69, 9.17) is 5.11 Å². The smallest absolute Gasteiger partial charge is 1.00 e. The maximum Gasteiger partial charge on any atom is 1.00 e. The van der Waals surface area contributed by atoms with Gasteiger partial charge in [0.05, 0.1) is 18.2 Å². The molecule has 0 saturated carbocycles. The minimum Gasteiger partial charge on any atom is -1.00 e. The van der Waals surface area contributed by atoms with Crippen molar-refractivity contribution in [1.82, 2.24) is 0 Å². The van der Waals surface area contributed by atoms with E-state index < -0.39 is 11.9 Å². The summed E-state index contributed by atoms with van der Waals surface area (Å²) in [5.41, 5.74) is 0.486. The predicted octanol–water partition coefficient (Wildman–Crippen LogP) is -1.71. The molecule has 0 fully saturated rings. The molecule has 0 aliphatic rings. The second-order valence-corrected chi connectivity index (χ2v) is 2.37. The van der Waals surface area contributed by atoms with Gasteiger partial charge in [0.15, 0.2) is 0 Å². The summed E-state index contributed by atoms with van der Waals surface area (Å²) in [6, 6.07) is 5.54. The van der Waals surface area contributed by atoms with Gasteiger partial charge in [0.2, 0.25) is 0 Å². The van der Waals surface area contributed by atoms with Crippen LogP contribution in [0.3, 0.4) is 0 Å². The molecule has 0 aromatic heterocycles. The monoisotopic (exact) mass is 220 g/mol. The van der Waals surface area contributed by atoms with E-state index in [1.54, 1.807) is 0 Å². The SMILES string of the molecule is COC(=O)c1ccc(C(=O)O)cc1.[H-].[K+]. The molecule has 0 amide bonds. The summed E-state index contributed by atoms with van der Waals surface area (Å²) < 4.78 is 4.45. The summed E-state index contributed by atoms with van der Waals surface area (Å²) in [5.74, 6) is -1.49. The van der Waals surface area contributed by atoms with E-state index in [9.17, 15) is 9.59 Å². The summed E-state index contributed by atoms with van der Waals surface area (Å²) in [4.78, 5) is 21.4. The average molecular weight is 220 g/mol. The van der Waals surface area contributed by atoms with Crippen LogP contribution < -0.4 is 51.4 Å². The van der Waals surface area contributed by atoms with Crippen LogP contribution in [0.5, 0.6) is 0 Å². The van der Waals surface area contributed by atoms with E-state index >= 15 is 0 Å². The topological polar surface area (TPSA) is 63.6 Å². The van der Waals surface area contributed by atoms with Crippen LogP contribution in [0, 0.1) is 0 Å². The van der Waals surface area contributed by atoms with Crippen molar-refractivity contribution < 1.29 is 72.2 Å². The maximum absolute atomic E-state index is 10.9. The van der Waals surface area contributed by atoms with Crippen molar-refractivity contribution in [3.63, 3.8) is 0 Å². The van der Waals surface area contributed by atoms with Crippen LogP contribution in [0.2, 0.25) is 0 Å². The molecule has 1 aromatic carbocycles. The molecule has 0 atom stereocenters. The molecular weight excluding hydrogens is 211 g/mol. The van der Waals surface area contributed by atoms with Gasteiger partial charge in [-0.25, -0.2) is 9.59 Å². The molecular formula is C9H9KO4. The van der Waals surface area contributed by atoms with Crippen molar-refractivity contribution in [3.8, 4) is 0 Å². The normalized spacial score (nSPS) is 8.64. The molecule has 0 radical (unpaired) electrons. The molecule has 0 unspecified atom stereocenters. The fourth-order valence-corrected chi connectivity index (χ4v) is 0.867. The average Bonchev–Trinajstić information content (AvgIpc) is 2.17. The molecule has 14 heavy (non-hydrogen) atoms. The number of ether oxygens (including phenoxy) is 1. The molecule has 1 aromatic rings. The van der Waals surface area contributed by atoms with E-state index in [1.807, 2.05) is 0 Å². The number of carboxylic acids is 1. The Balaban J connectivity index is 0. The van der Waals surface area contributed by atoms with E-state index in [0.29, 0.717) is 5.56 Å². The fraction of sp³-hybridized carbons (Fsp3) is 0.111. The molecule has 5 heteroatoms. The van der Waals surface area contributed by atoms with E-state index in [2.05, 4.69) is 4.74 Å². The molecule has 0 bridgehead atoms. The van der Waals surface area contributed by atoms with Crippen molar-refractivity contribution >= 4 is 11.9 Å². The minimum atomic E-state index is -1.02. The standard InChI is InChI=1S/C9H8O4.K.H/c1-13-9(12)7-4-2-6(3-5-7)8(10)11;;/h2-5H,1H3,(H,10,11);;/q;+1;-1. The molecule has 0 heterocycles. The zero-order valence-corrected chi connectivity index (χ0v) is 11.1. The Morgan fingerprint density at radius 3 is 2.00 bits per heavy atom. The van der Waals surface area contributed by atoms with Gasteiger partial charge in [-0.3, -0.25) is 0 Å². The van der Waals surface area contributed by atoms with Gasteiger partial charge >= 0.3 is 63.3 Å². The number of hydrogen-bond acceptors (Lipinski definition) is 3. The first kappa shape index (κ1) is 13.8. The van der Waals surface area contributed by atoms with Crippen LogP contribution in [0.1, 0.15) is 22.1 Å². The van der Waals surface area contributed by atoms with Gasteiger partial charge < -0.3 is 11.3 Å². The Labute approximate surface area is 125 Å². The number of hydrogen-bond donors (Lipinski definition) is 1. The third-order valence-corrected chi connectivity index (χ3v) is 1.55. The number of benzene rings is 1. The Hall–Kier alpha value is -0.204. The van der Waals surface area contributed by atoms with Crippen molar-refractivity contribution in [2.45, 2.75) is 0 Å². The van der Waals surface area contributed by atoms with Crippen LogP contribution in [-0.4, -0.2) is 24.2 Å². The molecule has 0 aliphatic carbocycles. The third-order valence-electron chi connectivity index (χ3n) is 1.55. The molecule has 0 spiro atoms. The largest absolute Gasteiger partial charge is 1.00 e. The molecule has 0 aliphatic heterocycles. The number of methoxy groups -OCH3 is 1. The number of carbonyl (C=O) groups is 2. The van der Waals surface area contributed by atoms with Gasteiger partial charge in [0.25, 0.3) is 0 Å². The Kier molecular flexibility index (Phi) is 6.22. The van der Waals surface area contributed by atoms with Gasteiger partial charge in [-0.1, -0.05) is 0 Å². The predicted molar refractivity (Wildman–Crippen MR) is 45.9 cm³/mol. The zero-order valence-electron chi connectivity index (χ0n) is 8.98. The van der Waals surface area contributed by atoms with E-state index in [0.717, 1.165) is 0 Å². The van der Waals surface area contributed by atoms with Crippen LogP contribution in [0.4, 0.5) is 0 Å². The summed E-state index contributed by atoms with van der Waals surface area (Å²) in [7, 11) is 1.27. The van der Waals surface area contributed by atoms with Gasteiger partial charge in [0, 0.05) is 0 Å². The van der Waals surface area contributed by atoms with Crippen molar-refractivity contribution in [1.29, 1.82) is 0 Å². The molecule has 1 rings (SSSR count). The van der Waals surface area contributed by atoms with Gasteiger partial charge in [-0.05, 0) is 24.3 Å². The number of aromatic carboxylic acids is 1. The Morgan fingerprint density at radius 1 is 1.21 bits per heavy atom. The van der Waals surface area contributed by atoms with E-state index in [-0.39, 0.29) is 58.4 Å². The van der Waals surface area contributed by atoms with Gasteiger partial charge in [0.1, 0.15) is 0 Å². The molecule has 4 nitrogen and oxygen atoms in total. The number of rotatable bonds is 2. The van der Waals surface area contributed by atoms with Gasteiger partial charge in [-0.2, -0.15) is 0 Å². The van der Waals surface area contributed by atoms with E-state index in [1.165, 1.54) is 31.4 Å². The first-order valence-corrected chi connectivity index (χ1v) is 3.57. The first-order chi connectivity index (χ1) is 6.15. The van der Waals surface area contributed by atoms with Crippen molar-refractivity contribution in [2.75, 3.05) is 7.11 Å². The van der Waals surface area contributed by atoms with Crippen LogP contribution in [-0.2, 0) is 4.74 Å². The van der Waals surface area contributed by atoms with Crippen LogP contribution >= 0.6 is 0 Å². The van der Waals surface area contributed by atoms with Crippen molar-refractivity contribution in [2.24, 2.45) is 0 Å². The Morgan fingerprint density at radius 2 is 1.64 bits per heavy atom. The second kappa shape index (κ2) is 6.31. The zero-order chi connectivity index (χ0) is 9.84. The van der Waals surface area contributed by atoms with Gasteiger partial charge in [-0.15, -0.1) is 0 Å². The van der Waals surface area contributed by atoms with Crippen LogP contribution in [0.25, 0.3) is 0 Å². The maximum atomic E-state index is 10.9. The minimum absolute atomic E-state index is 0.